The first-order valence-corrected chi connectivity index (χ1v) is 12.7. The van der Waals surface area contributed by atoms with Crippen molar-refractivity contribution in [2.24, 2.45) is 22.7 Å². The summed E-state index contributed by atoms with van der Waals surface area (Å²) in [6, 6.07) is 4.06. The smallest absolute Gasteiger partial charge is 0.188 e. The molecule has 2 aliphatic rings. The average Bonchev–Trinajstić information content (AvgIpc) is 2.72. The van der Waals surface area contributed by atoms with E-state index in [0.29, 0.717) is 16.7 Å². The predicted molar refractivity (Wildman–Crippen MR) is 132 cm³/mol. The fourth-order valence-electron chi connectivity index (χ4n) is 5.97. The van der Waals surface area contributed by atoms with Gasteiger partial charge in [0, 0.05) is 19.0 Å². The molecule has 0 heterocycles. The molecule has 2 saturated carbocycles. The second kappa shape index (κ2) is 10.1. The van der Waals surface area contributed by atoms with Crippen LogP contribution in [0.1, 0.15) is 52.0 Å². The number of alkyl halides is 1. The molecule has 3 rings (SSSR count). The lowest BCUT2D eigenvalue weighted by atomic mass is 9.47. The van der Waals surface area contributed by atoms with Crippen LogP contribution in [0.3, 0.4) is 0 Å². The Kier molecular flexibility index (Phi) is 8.21. The molecule has 0 bridgehead atoms. The van der Waals surface area contributed by atoms with Crippen molar-refractivity contribution in [3.05, 3.63) is 34.3 Å². The summed E-state index contributed by atoms with van der Waals surface area (Å²) in [5, 5.41) is 0. The standard InChI is InChI=1S/C25H36Br2O4/c1-16-7-8-22-24(2,3)23(27)9-10-25(22,4)18(16)11-17-12-21(31-15-29-6)19(26)13-20(17)30-14-28-5/h12-13,18,22-23H,1,7-11,14-15H2,2-6H3/t18-,22-,23-,25+/m0/s1. The van der Waals surface area contributed by atoms with E-state index < -0.39 is 0 Å². The van der Waals surface area contributed by atoms with Gasteiger partial charge in [-0.15, -0.1) is 0 Å². The van der Waals surface area contributed by atoms with Crippen LogP contribution in [0.25, 0.3) is 0 Å². The minimum Gasteiger partial charge on any atom is -0.467 e. The van der Waals surface area contributed by atoms with Gasteiger partial charge in [-0.1, -0.05) is 48.9 Å². The van der Waals surface area contributed by atoms with Crippen molar-refractivity contribution in [2.75, 3.05) is 27.8 Å². The third-order valence-corrected chi connectivity index (χ3v) is 9.94. The summed E-state index contributed by atoms with van der Waals surface area (Å²) >= 11 is 7.59. The predicted octanol–water partition coefficient (Wildman–Crippen LogP) is 7.13. The van der Waals surface area contributed by atoms with Crippen molar-refractivity contribution in [3.8, 4) is 11.5 Å². The van der Waals surface area contributed by atoms with E-state index in [9.17, 15) is 0 Å². The molecule has 0 saturated heterocycles. The monoisotopic (exact) mass is 558 g/mol. The van der Waals surface area contributed by atoms with Gasteiger partial charge in [0.15, 0.2) is 13.6 Å². The molecule has 4 atom stereocenters. The summed E-state index contributed by atoms with van der Waals surface area (Å²) < 4.78 is 22.9. The maximum absolute atomic E-state index is 5.95. The lowest BCUT2D eigenvalue weighted by molar-refractivity contribution is -0.0463. The summed E-state index contributed by atoms with van der Waals surface area (Å²) in [4.78, 5) is 0.562. The molecule has 2 aliphatic carbocycles. The van der Waals surface area contributed by atoms with Crippen LogP contribution in [0, 0.1) is 22.7 Å². The first kappa shape index (κ1) is 25.1. The van der Waals surface area contributed by atoms with E-state index in [1.54, 1.807) is 14.2 Å². The van der Waals surface area contributed by atoms with E-state index in [-0.39, 0.29) is 24.4 Å². The van der Waals surface area contributed by atoms with E-state index in [4.69, 9.17) is 18.9 Å². The first-order chi connectivity index (χ1) is 14.6. The number of benzene rings is 1. The topological polar surface area (TPSA) is 36.9 Å². The summed E-state index contributed by atoms with van der Waals surface area (Å²) in [5.41, 5.74) is 2.96. The number of rotatable bonds is 8. The van der Waals surface area contributed by atoms with Crippen molar-refractivity contribution >= 4 is 31.9 Å². The minimum absolute atomic E-state index is 0.201. The SMILES string of the molecule is C=C1CC[C@H]2C(C)(C)[C@@H](Br)CC[C@]2(C)[C@H]1Cc1cc(OCOC)c(Br)cc1OCOC. The van der Waals surface area contributed by atoms with Gasteiger partial charge in [0.05, 0.1) is 4.47 Å². The molecular weight excluding hydrogens is 524 g/mol. The van der Waals surface area contributed by atoms with Crippen LogP contribution in [0.15, 0.2) is 28.8 Å². The van der Waals surface area contributed by atoms with Crippen LogP contribution in [-0.2, 0) is 15.9 Å². The Bertz CT molecular complexity index is 794. The Morgan fingerprint density at radius 3 is 2.32 bits per heavy atom. The molecule has 0 radical (unpaired) electrons. The Morgan fingerprint density at radius 1 is 1.03 bits per heavy atom. The van der Waals surface area contributed by atoms with Crippen LogP contribution in [0.2, 0.25) is 0 Å². The summed E-state index contributed by atoms with van der Waals surface area (Å²) in [7, 11) is 3.26. The van der Waals surface area contributed by atoms with Gasteiger partial charge in [-0.3, -0.25) is 0 Å². The molecular formula is C25H36Br2O4. The number of ether oxygens (including phenoxy) is 4. The average molecular weight is 560 g/mol. The molecule has 0 N–H and O–H groups in total. The van der Waals surface area contributed by atoms with Crippen molar-refractivity contribution in [1.29, 1.82) is 0 Å². The second-order valence-electron chi connectivity index (χ2n) is 9.83. The van der Waals surface area contributed by atoms with Gasteiger partial charge in [-0.05, 0) is 88.4 Å². The highest BCUT2D eigenvalue weighted by Gasteiger charge is 2.55. The van der Waals surface area contributed by atoms with E-state index in [2.05, 4.69) is 65.3 Å². The molecule has 31 heavy (non-hydrogen) atoms. The number of methoxy groups -OCH3 is 2. The highest BCUT2D eigenvalue weighted by Crippen LogP contribution is 2.63. The van der Waals surface area contributed by atoms with E-state index in [1.807, 2.05) is 6.07 Å². The molecule has 4 nitrogen and oxygen atoms in total. The molecule has 0 unspecified atom stereocenters. The van der Waals surface area contributed by atoms with Gasteiger partial charge in [0.1, 0.15) is 11.5 Å². The van der Waals surface area contributed by atoms with E-state index >= 15 is 0 Å². The third kappa shape index (κ3) is 5.02. The molecule has 174 valence electrons. The van der Waals surface area contributed by atoms with Crippen molar-refractivity contribution in [2.45, 2.75) is 57.7 Å². The molecule has 1 aromatic rings. The minimum atomic E-state index is 0.201. The Balaban J connectivity index is 1.97. The molecule has 1 aromatic carbocycles. The van der Waals surface area contributed by atoms with Gasteiger partial charge >= 0.3 is 0 Å². The third-order valence-electron chi connectivity index (χ3n) is 7.68. The number of allylic oxidation sites excluding steroid dienone is 1. The maximum atomic E-state index is 5.95. The van der Waals surface area contributed by atoms with Gasteiger partial charge in [-0.25, -0.2) is 0 Å². The molecule has 2 fully saturated rings. The molecule has 0 aliphatic heterocycles. The zero-order valence-electron chi connectivity index (χ0n) is 19.4. The van der Waals surface area contributed by atoms with Gasteiger partial charge < -0.3 is 18.9 Å². The lowest BCUT2D eigenvalue weighted by Gasteiger charge is -2.59. The fourth-order valence-corrected chi connectivity index (χ4v) is 6.95. The van der Waals surface area contributed by atoms with Crippen LogP contribution < -0.4 is 9.47 Å². The van der Waals surface area contributed by atoms with Crippen molar-refractivity contribution in [3.63, 3.8) is 0 Å². The van der Waals surface area contributed by atoms with E-state index in [0.717, 1.165) is 34.4 Å². The lowest BCUT2D eigenvalue weighted by Crippen LogP contribution is -2.53. The first-order valence-electron chi connectivity index (χ1n) is 11.0. The number of hydrogen-bond donors (Lipinski definition) is 0. The summed E-state index contributed by atoms with van der Waals surface area (Å²) in [6.45, 7) is 12.3. The van der Waals surface area contributed by atoms with Crippen molar-refractivity contribution in [1.82, 2.24) is 0 Å². The van der Waals surface area contributed by atoms with Crippen LogP contribution >= 0.6 is 31.9 Å². The Hall–Kier alpha value is -0.560. The molecule has 6 heteroatoms. The maximum Gasteiger partial charge on any atom is 0.188 e. The normalized spacial score (nSPS) is 30.0. The molecule has 0 spiro atoms. The molecule has 0 aromatic heterocycles. The number of halogens is 2. The largest absolute Gasteiger partial charge is 0.467 e. The Labute approximate surface area is 204 Å². The van der Waals surface area contributed by atoms with Gasteiger partial charge in [-0.2, -0.15) is 0 Å². The zero-order valence-corrected chi connectivity index (χ0v) is 22.6. The number of hydrogen-bond acceptors (Lipinski definition) is 4. The second-order valence-corrected chi connectivity index (χ2v) is 11.8. The van der Waals surface area contributed by atoms with Gasteiger partial charge in [0.2, 0.25) is 0 Å². The highest BCUT2D eigenvalue weighted by molar-refractivity contribution is 9.10. The quantitative estimate of drug-likeness (QED) is 0.193. The zero-order chi connectivity index (χ0) is 22.8. The molecule has 0 amide bonds. The van der Waals surface area contributed by atoms with Crippen LogP contribution in [0.5, 0.6) is 11.5 Å². The van der Waals surface area contributed by atoms with Crippen LogP contribution in [-0.4, -0.2) is 32.6 Å². The fraction of sp³-hybridized carbons (Fsp3) is 0.680. The highest BCUT2D eigenvalue weighted by atomic mass is 79.9. The summed E-state index contributed by atoms with van der Waals surface area (Å²) in [5.74, 6) is 2.63. The van der Waals surface area contributed by atoms with Crippen LogP contribution in [0.4, 0.5) is 0 Å². The van der Waals surface area contributed by atoms with E-state index in [1.165, 1.54) is 24.8 Å². The number of fused-ring (bicyclic) bond motifs is 1. The Morgan fingerprint density at radius 2 is 1.68 bits per heavy atom. The van der Waals surface area contributed by atoms with Crippen molar-refractivity contribution < 1.29 is 18.9 Å². The van der Waals surface area contributed by atoms with Gasteiger partial charge in [0.25, 0.3) is 0 Å². The summed E-state index contributed by atoms with van der Waals surface area (Å²) in [6.07, 6.45) is 5.59.